The number of hydrogen-bond acceptors (Lipinski definition) is 5. The van der Waals surface area contributed by atoms with Crippen LogP contribution in [0.3, 0.4) is 0 Å². The molecule has 1 fully saturated rings. The van der Waals surface area contributed by atoms with E-state index in [1.54, 1.807) is 12.1 Å². The fraction of sp³-hybridized carbons (Fsp3) is 0.138. The second-order valence-corrected chi connectivity index (χ2v) is 8.58. The predicted octanol–water partition coefficient (Wildman–Crippen LogP) is 6.03. The molecule has 0 saturated carbocycles. The first-order valence-corrected chi connectivity index (χ1v) is 11.9. The number of para-hydroxylation sites is 2. The molecule has 0 unspecified atom stereocenters. The van der Waals surface area contributed by atoms with Crippen molar-refractivity contribution >= 4 is 34.3 Å². The van der Waals surface area contributed by atoms with Crippen LogP contribution < -0.4 is 9.80 Å². The lowest BCUT2D eigenvalue weighted by molar-refractivity contribution is -0.384. The number of amides is 1. The van der Waals surface area contributed by atoms with Gasteiger partial charge in [-0.3, -0.25) is 14.9 Å². The first-order valence-electron chi connectivity index (χ1n) is 11.9. The van der Waals surface area contributed by atoms with Crippen LogP contribution in [0.1, 0.15) is 10.4 Å². The van der Waals surface area contributed by atoms with E-state index in [4.69, 9.17) is 0 Å². The minimum Gasteiger partial charge on any atom is -0.368 e. The summed E-state index contributed by atoms with van der Waals surface area (Å²) in [5, 5.41) is 12.1. The van der Waals surface area contributed by atoms with E-state index in [0.29, 0.717) is 37.4 Å². The van der Waals surface area contributed by atoms with Crippen molar-refractivity contribution in [3.05, 3.63) is 125 Å². The quantitative estimate of drug-likeness (QED) is 0.250. The van der Waals surface area contributed by atoms with Gasteiger partial charge in [-0.05, 0) is 48.5 Å². The van der Waals surface area contributed by atoms with Crippen LogP contribution in [0.2, 0.25) is 0 Å². The average molecular weight is 479 g/mol. The molecule has 0 spiro atoms. The molecule has 0 radical (unpaired) electrons. The molecule has 0 N–H and O–H groups in total. The molecule has 1 aliphatic rings. The summed E-state index contributed by atoms with van der Waals surface area (Å²) < 4.78 is 0. The third kappa shape index (κ3) is 4.77. The van der Waals surface area contributed by atoms with Gasteiger partial charge in [-0.15, -0.1) is 0 Å². The maximum Gasteiger partial charge on any atom is 0.293 e. The number of nitro benzene ring substituents is 1. The molecule has 36 heavy (non-hydrogen) atoms. The number of piperazine rings is 1. The first kappa shape index (κ1) is 23.1. The Morgan fingerprint density at radius 2 is 1.25 bits per heavy atom. The first-order chi connectivity index (χ1) is 17.6. The monoisotopic (exact) mass is 478 g/mol. The Bertz CT molecular complexity index is 1300. The lowest BCUT2D eigenvalue weighted by atomic mass is 10.1. The van der Waals surface area contributed by atoms with Gasteiger partial charge in [0.1, 0.15) is 5.69 Å². The van der Waals surface area contributed by atoms with Crippen molar-refractivity contribution in [2.45, 2.75) is 0 Å². The lowest BCUT2D eigenvalue weighted by Crippen LogP contribution is -2.48. The van der Waals surface area contributed by atoms with Gasteiger partial charge < -0.3 is 14.7 Å². The Kier molecular flexibility index (Phi) is 6.62. The highest BCUT2D eigenvalue weighted by Crippen LogP contribution is 2.41. The van der Waals surface area contributed by atoms with Gasteiger partial charge in [0, 0.05) is 54.9 Å². The highest BCUT2D eigenvalue weighted by atomic mass is 16.6. The highest BCUT2D eigenvalue weighted by Gasteiger charge is 2.26. The van der Waals surface area contributed by atoms with Crippen molar-refractivity contribution in [2.24, 2.45) is 0 Å². The molecule has 0 aromatic heterocycles. The molecular formula is C29H26N4O3. The van der Waals surface area contributed by atoms with Crippen LogP contribution in [0.15, 0.2) is 109 Å². The minimum atomic E-state index is -0.339. The molecule has 5 rings (SSSR count). The zero-order valence-electron chi connectivity index (χ0n) is 19.7. The van der Waals surface area contributed by atoms with Gasteiger partial charge in [0.2, 0.25) is 0 Å². The van der Waals surface area contributed by atoms with Gasteiger partial charge in [-0.25, -0.2) is 0 Å². The summed E-state index contributed by atoms with van der Waals surface area (Å²) in [5.41, 5.74) is 3.77. The Hall–Kier alpha value is -4.65. The van der Waals surface area contributed by atoms with E-state index in [1.165, 1.54) is 0 Å². The van der Waals surface area contributed by atoms with Gasteiger partial charge in [0.15, 0.2) is 0 Å². The number of nitro groups is 1. The van der Waals surface area contributed by atoms with E-state index in [9.17, 15) is 14.9 Å². The second kappa shape index (κ2) is 10.3. The van der Waals surface area contributed by atoms with Crippen LogP contribution in [0.4, 0.5) is 28.4 Å². The van der Waals surface area contributed by atoms with E-state index in [1.807, 2.05) is 107 Å². The molecule has 1 heterocycles. The molecule has 1 amide bonds. The standard InChI is InChI=1S/C29H26N4O3/c34-29(23-10-4-1-5-11-23)31-20-18-30(19-21-31)26-16-17-27(33(35)36)28(22-26)32(24-12-6-2-7-13-24)25-14-8-3-9-15-25/h1-17,22H,18-21H2. The number of hydrogen-bond donors (Lipinski definition) is 0. The predicted molar refractivity (Wildman–Crippen MR) is 142 cm³/mol. The molecule has 0 atom stereocenters. The van der Waals surface area contributed by atoms with Gasteiger partial charge in [-0.1, -0.05) is 54.6 Å². The molecule has 4 aromatic rings. The van der Waals surface area contributed by atoms with Crippen molar-refractivity contribution < 1.29 is 9.72 Å². The number of anilines is 4. The summed E-state index contributed by atoms with van der Waals surface area (Å²) in [7, 11) is 0. The second-order valence-electron chi connectivity index (χ2n) is 8.58. The molecule has 0 bridgehead atoms. The van der Waals surface area contributed by atoms with Crippen LogP contribution in [0.5, 0.6) is 0 Å². The zero-order chi connectivity index (χ0) is 24.9. The number of carbonyl (C=O) groups excluding carboxylic acids is 1. The Balaban J connectivity index is 1.46. The SMILES string of the molecule is O=C(c1ccccc1)N1CCN(c2ccc([N+](=O)[O-])c(N(c3ccccc3)c3ccccc3)c2)CC1. The number of rotatable bonds is 6. The summed E-state index contributed by atoms with van der Waals surface area (Å²) in [4.78, 5) is 30.5. The molecule has 1 aliphatic heterocycles. The van der Waals surface area contributed by atoms with Crippen molar-refractivity contribution in [2.75, 3.05) is 36.0 Å². The molecule has 1 saturated heterocycles. The van der Waals surface area contributed by atoms with Crippen LogP contribution in [-0.4, -0.2) is 41.9 Å². The maximum absolute atomic E-state index is 12.8. The van der Waals surface area contributed by atoms with E-state index in [2.05, 4.69) is 4.90 Å². The van der Waals surface area contributed by atoms with Crippen LogP contribution in [0, 0.1) is 10.1 Å². The molecule has 0 aliphatic carbocycles. The minimum absolute atomic E-state index is 0.0268. The summed E-state index contributed by atoms with van der Waals surface area (Å²) in [5.74, 6) is 0.0268. The van der Waals surface area contributed by atoms with Gasteiger partial charge >= 0.3 is 0 Å². The van der Waals surface area contributed by atoms with E-state index in [-0.39, 0.29) is 16.5 Å². The van der Waals surface area contributed by atoms with Crippen molar-refractivity contribution in [1.29, 1.82) is 0 Å². The Morgan fingerprint density at radius 1 is 0.722 bits per heavy atom. The molecule has 7 heteroatoms. The Labute approximate surface area is 210 Å². The van der Waals surface area contributed by atoms with E-state index < -0.39 is 0 Å². The molecule has 7 nitrogen and oxygen atoms in total. The lowest BCUT2D eigenvalue weighted by Gasteiger charge is -2.36. The fourth-order valence-electron chi connectivity index (χ4n) is 4.55. The van der Waals surface area contributed by atoms with E-state index >= 15 is 0 Å². The number of benzene rings is 4. The fourth-order valence-corrected chi connectivity index (χ4v) is 4.55. The molecular weight excluding hydrogens is 452 g/mol. The zero-order valence-corrected chi connectivity index (χ0v) is 19.7. The average Bonchev–Trinajstić information content (AvgIpc) is 2.94. The van der Waals surface area contributed by atoms with Crippen LogP contribution in [-0.2, 0) is 0 Å². The maximum atomic E-state index is 12.8. The summed E-state index contributed by atoms with van der Waals surface area (Å²) in [6.07, 6.45) is 0. The van der Waals surface area contributed by atoms with Gasteiger partial charge in [0.05, 0.1) is 4.92 Å². The van der Waals surface area contributed by atoms with Gasteiger partial charge in [0.25, 0.3) is 11.6 Å². The van der Waals surface area contributed by atoms with Crippen molar-refractivity contribution in [3.8, 4) is 0 Å². The van der Waals surface area contributed by atoms with Crippen molar-refractivity contribution in [1.82, 2.24) is 4.90 Å². The molecule has 180 valence electrons. The number of carbonyl (C=O) groups is 1. The van der Waals surface area contributed by atoms with E-state index in [0.717, 1.165) is 17.1 Å². The van der Waals surface area contributed by atoms with Gasteiger partial charge in [-0.2, -0.15) is 0 Å². The topological polar surface area (TPSA) is 69.9 Å². The Morgan fingerprint density at radius 3 is 1.78 bits per heavy atom. The third-order valence-corrected chi connectivity index (χ3v) is 6.38. The molecule has 4 aromatic carbocycles. The summed E-state index contributed by atoms with van der Waals surface area (Å²) in [6.45, 7) is 2.46. The highest BCUT2D eigenvalue weighted by molar-refractivity contribution is 5.94. The van der Waals surface area contributed by atoms with Crippen molar-refractivity contribution in [3.63, 3.8) is 0 Å². The largest absolute Gasteiger partial charge is 0.368 e. The summed E-state index contributed by atoms with van der Waals surface area (Å²) in [6, 6.07) is 33.8. The third-order valence-electron chi connectivity index (χ3n) is 6.38. The smallest absolute Gasteiger partial charge is 0.293 e. The van der Waals surface area contributed by atoms with Crippen LogP contribution >= 0.6 is 0 Å². The summed E-state index contributed by atoms with van der Waals surface area (Å²) >= 11 is 0. The van der Waals surface area contributed by atoms with Crippen LogP contribution in [0.25, 0.3) is 0 Å². The normalized spacial score (nSPS) is 13.3. The number of nitrogens with zero attached hydrogens (tertiary/aromatic N) is 4.